The van der Waals surface area contributed by atoms with Crippen LogP contribution in [0.4, 0.5) is 5.69 Å². The second-order valence-electron chi connectivity index (χ2n) is 5.98. The van der Waals surface area contributed by atoms with Gasteiger partial charge in [0.05, 0.1) is 0 Å². The van der Waals surface area contributed by atoms with E-state index in [9.17, 15) is 14.4 Å². The highest BCUT2D eigenvalue weighted by Gasteiger charge is 2.19. The molecular weight excluding hydrogens is 332 g/mol. The molecule has 2 aromatic carbocycles. The number of para-hydroxylation sites is 1. The van der Waals surface area contributed by atoms with Gasteiger partial charge < -0.3 is 15.4 Å². The zero-order valence-corrected chi connectivity index (χ0v) is 15.0. The van der Waals surface area contributed by atoms with E-state index >= 15 is 0 Å². The Morgan fingerprint density at radius 1 is 1.00 bits per heavy atom. The van der Waals surface area contributed by atoms with Gasteiger partial charge in [-0.1, -0.05) is 35.9 Å². The lowest BCUT2D eigenvalue weighted by molar-refractivity contribution is -0.152. The Morgan fingerprint density at radius 3 is 2.31 bits per heavy atom. The summed E-state index contributed by atoms with van der Waals surface area (Å²) in [5.74, 6) is -1.49. The summed E-state index contributed by atoms with van der Waals surface area (Å²) in [6, 6.07) is 14.3. The molecule has 0 unspecified atom stereocenters. The monoisotopic (exact) mass is 354 g/mol. The molecule has 6 nitrogen and oxygen atoms in total. The third-order valence-corrected chi connectivity index (χ3v) is 3.79. The summed E-state index contributed by atoms with van der Waals surface area (Å²) in [6.45, 7) is 4.96. The molecule has 26 heavy (non-hydrogen) atoms. The minimum absolute atomic E-state index is 0.311. The van der Waals surface area contributed by atoms with Crippen molar-refractivity contribution in [3.8, 4) is 0 Å². The van der Waals surface area contributed by atoms with E-state index < -0.39 is 18.0 Å². The van der Waals surface area contributed by atoms with Gasteiger partial charge in [-0.25, -0.2) is 0 Å². The molecule has 2 rings (SSSR count). The van der Waals surface area contributed by atoms with Crippen molar-refractivity contribution in [2.75, 3.05) is 11.9 Å². The van der Waals surface area contributed by atoms with Crippen molar-refractivity contribution in [1.82, 2.24) is 5.32 Å². The zero-order chi connectivity index (χ0) is 19.1. The Hall–Kier alpha value is -3.15. The third kappa shape index (κ3) is 5.44. The molecule has 0 aliphatic rings. The van der Waals surface area contributed by atoms with E-state index in [-0.39, 0.29) is 12.5 Å². The normalized spacial score (nSPS) is 11.3. The van der Waals surface area contributed by atoms with Gasteiger partial charge in [0.2, 0.25) is 0 Å². The average Bonchev–Trinajstić information content (AvgIpc) is 2.62. The number of nitrogens with one attached hydrogen (secondary N) is 2. The molecule has 0 saturated carbocycles. The maximum Gasteiger partial charge on any atom is 0.326 e. The molecule has 0 heterocycles. The van der Waals surface area contributed by atoms with Gasteiger partial charge in [-0.05, 0) is 44.5 Å². The highest BCUT2D eigenvalue weighted by molar-refractivity contribution is 5.97. The predicted octanol–water partition coefficient (Wildman–Crippen LogP) is 2.60. The fourth-order valence-corrected chi connectivity index (χ4v) is 2.20. The van der Waals surface area contributed by atoms with Gasteiger partial charge in [-0.3, -0.25) is 14.4 Å². The van der Waals surface area contributed by atoms with Crippen molar-refractivity contribution in [3.05, 3.63) is 65.2 Å². The van der Waals surface area contributed by atoms with E-state index in [0.717, 1.165) is 11.1 Å². The Bertz CT molecular complexity index is 800. The van der Waals surface area contributed by atoms with E-state index in [1.807, 2.05) is 38.1 Å². The van der Waals surface area contributed by atoms with Crippen LogP contribution >= 0.6 is 0 Å². The van der Waals surface area contributed by atoms with Crippen LogP contribution in [0.3, 0.4) is 0 Å². The number of carbonyl (C=O) groups excluding carboxylic acids is 3. The number of amides is 2. The lowest BCUT2D eigenvalue weighted by Crippen LogP contribution is -2.35. The molecule has 0 bridgehead atoms. The molecule has 1 atom stereocenters. The zero-order valence-electron chi connectivity index (χ0n) is 15.0. The minimum Gasteiger partial charge on any atom is -0.451 e. The van der Waals surface area contributed by atoms with Crippen LogP contribution in [0.5, 0.6) is 0 Å². The Kier molecular flexibility index (Phi) is 6.49. The fraction of sp³-hybridized carbons (Fsp3) is 0.250. The van der Waals surface area contributed by atoms with Gasteiger partial charge in [0.1, 0.15) is 6.54 Å². The number of hydrogen-bond donors (Lipinski definition) is 2. The number of esters is 1. The van der Waals surface area contributed by atoms with Crippen LogP contribution in [0.25, 0.3) is 0 Å². The molecule has 0 spiro atoms. The number of aryl methyl sites for hydroxylation is 2. The second-order valence-corrected chi connectivity index (χ2v) is 5.98. The molecule has 2 amide bonds. The summed E-state index contributed by atoms with van der Waals surface area (Å²) in [5, 5.41) is 5.18. The molecule has 136 valence electrons. The molecule has 0 saturated heterocycles. The Labute approximate surface area is 152 Å². The largest absolute Gasteiger partial charge is 0.451 e. The van der Waals surface area contributed by atoms with Crippen molar-refractivity contribution in [3.63, 3.8) is 0 Å². The van der Waals surface area contributed by atoms with Crippen molar-refractivity contribution >= 4 is 23.5 Å². The molecule has 0 aliphatic carbocycles. The minimum atomic E-state index is -0.974. The molecule has 0 radical (unpaired) electrons. The first kappa shape index (κ1) is 19.2. The molecule has 0 fully saturated rings. The fourth-order valence-electron chi connectivity index (χ4n) is 2.20. The summed E-state index contributed by atoms with van der Waals surface area (Å²) in [6.07, 6.45) is -0.974. The number of hydrogen-bond acceptors (Lipinski definition) is 4. The number of rotatable bonds is 6. The van der Waals surface area contributed by atoms with Crippen molar-refractivity contribution in [2.45, 2.75) is 26.9 Å². The number of anilines is 1. The van der Waals surface area contributed by atoms with Gasteiger partial charge in [0, 0.05) is 11.3 Å². The SMILES string of the molecule is Cc1ccc(C(=O)NCC(=O)O[C@@H](C)C(=O)Nc2ccccc2C)cc1. The van der Waals surface area contributed by atoms with Gasteiger partial charge in [-0.15, -0.1) is 0 Å². The van der Waals surface area contributed by atoms with Crippen LogP contribution in [-0.4, -0.2) is 30.4 Å². The van der Waals surface area contributed by atoms with Crippen molar-refractivity contribution in [1.29, 1.82) is 0 Å². The van der Waals surface area contributed by atoms with Gasteiger partial charge in [0.15, 0.2) is 6.10 Å². The molecular formula is C20H22N2O4. The first-order chi connectivity index (χ1) is 12.4. The van der Waals surface area contributed by atoms with E-state index in [2.05, 4.69) is 10.6 Å². The van der Waals surface area contributed by atoms with Crippen LogP contribution < -0.4 is 10.6 Å². The van der Waals surface area contributed by atoms with E-state index in [4.69, 9.17) is 4.74 Å². The van der Waals surface area contributed by atoms with Crippen LogP contribution in [0.15, 0.2) is 48.5 Å². The number of carbonyl (C=O) groups is 3. The van der Waals surface area contributed by atoms with Crippen LogP contribution in [0, 0.1) is 13.8 Å². The molecule has 2 aromatic rings. The summed E-state index contributed by atoms with van der Waals surface area (Å²) in [5.41, 5.74) is 3.06. The summed E-state index contributed by atoms with van der Waals surface area (Å²) in [7, 11) is 0. The first-order valence-electron chi connectivity index (χ1n) is 8.27. The lowest BCUT2D eigenvalue weighted by Gasteiger charge is -2.15. The second kappa shape index (κ2) is 8.80. The lowest BCUT2D eigenvalue weighted by atomic mass is 10.1. The smallest absolute Gasteiger partial charge is 0.326 e. The quantitative estimate of drug-likeness (QED) is 0.781. The van der Waals surface area contributed by atoms with Crippen LogP contribution in [0.2, 0.25) is 0 Å². The molecule has 2 N–H and O–H groups in total. The highest BCUT2D eigenvalue weighted by atomic mass is 16.5. The first-order valence-corrected chi connectivity index (χ1v) is 8.27. The topological polar surface area (TPSA) is 84.5 Å². The van der Waals surface area contributed by atoms with Gasteiger partial charge >= 0.3 is 5.97 Å². The van der Waals surface area contributed by atoms with E-state index in [1.54, 1.807) is 24.3 Å². The number of benzene rings is 2. The molecule has 6 heteroatoms. The standard InChI is InChI=1S/C20H22N2O4/c1-13-8-10-16(11-9-13)20(25)21-12-18(23)26-15(3)19(24)22-17-7-5-4-6-14(17)2/h4-11,15H,12H2,1-3H3,(H,21,25)(H,22,24)/t15-/m0/s1. The summed E-state index contributed by atoms with van der Waals surface area (Å²) >= 11 is 0. The van der Waals surface area contributed by atoms with Crippen LogP contribution in [-0.2, 0) is 14.3 Å². The van der Waals surface area contributed by atoms with Gasteiger partial charge in [-0.2, -0.15) is 0 Å². The summed E-state index contributed by atoms with van der Waals surface area (Å²) < 4.78 is 5.06. The van der Waals surface area contributed by atoms with E-state index in [1.165, 1.54) is 6.92 Å². The highest BCUT2D eigenvalue weighted by Crippen LogP contribution is 2.13. The Balaban J connectivity index is 1.81. The molecule has 0 aromatic heterocycles. The summed E-state index contributed by atoms with van der Waals surface area (Å²) in [4.78, 5) is 35.9. The van der Waals surface area contributed by atoms with Crippen molar-refractivity contribution in [2.24, 2.45) is 0 Å². The van der Waals surface area contributed by atoms with Crippen molar-refractivity contribution < 1.29 is 19.1 Å². The predicted molar refractivity (Wildman–Crippen MR) is 98.9 cm³/mol. The number of ether oxygens (including phenoxy) is 1. The average molecular weight is 354 g/mol. The van der Waals surface area contributed by atoms with Crippen LogP contribution in [0.1, 0.15) is 28.4 Å². The maximum atomic E-state index is 12.1. The maximum absolute atomic E-state index is 12.1. The molecule has 0 aliphatic heterocycles. The van der Waals surface area contributed by atoms with Gasteiger partial charge in [0.25, 0.3) is 11.8 Å². The Morgan fingerprint density at radius 2 is 1.65 bits per heavy atom. The van der Waals surface area contributed by atoms with E-state index in [0.29, 0.717) is 11.3 Å². The third-order valence-electron chi connectivity index (χ3n) is 3.79.